The summed E-state index contributed by atoms with van der Waals surface area (Å²) in [6.45, 7) is 4.05. The zero-order valence-electron chi connectivity index (χ0n) is 11.6. The lowest BCUT2D eigenvalue weighted by Gasteiger charge is -2.12. The summed E-state index contributed by atoms with van der Waals surface area (Å²) in [6.07, 6.45) is 1.59. The predicted molar refractivity (Wildman–Crippen MR) is 73.8 cm³/mol. The first-order valence-electron chi connectivity index (χ1n) is 5.95. The van der Waals surface area contributed by atoms with Crippen molar-refractivity contribution in [3.63, 3.8) is 0 Å². The molecule has 0 spiro atoms. The van der Waals surface area contributed by atoms with Gasteiger partial charge in [-0.05, 0) is 13.8 Å². The molecule has 108 valence electrons. The monoisotopic (exact) mass is 288 g/mol. The van der Waals surface area contributed by atoms with Crippen molar-refractivity contribution < 1.29 is 13.2 Å². The van der Waals surface area contributed by atoms with Crippen molar-refractivity contribution in [3.8, 4) is 5.88 Å². The molecular weight excluding hydrogens is 268 g/mol. The molecule has 0 atom stereocenters. The van der Waals surface area contributed by atoms with E-state index in [0.717, 1.165) is 0 Å². The minimum atomic E-state index is -3.21. The van der Waals surface area contributed by atoms with Crippen LogP contribution < -0.4 is 10.1 Å². The summed E-state index contributed by atoms with van der Waals surface area (Å²) in [5.74, 6) is 0.800. The molecule has 1 N–H and O–H groups in total. The summed E-state index contributed by atoms with van der Waals surface area (Å²) in [5, 5.41) is 2.86. The Bertz CT molecular complexity index is 502. The van der Waals surface area contributed by atoms with Gasteiger partial charge in [-0.2, -0.15) is 4.98 Å². The van der Waals surface area contributed by atoms with Crippen LogP contribution in [0.15, 0.2) is 12.3 Å². The van der Waals surface area contributed by atoms with Crippen LogP contribution in [0.1, 0.15) is 13.8 Å². The maximum absolute atomic E-state index is 11.6. The fourth-order valence-corrected chi connectivity index (χ4v) is 1.93. The van der Waals surface area contributed by atoms with Gasteiger partial charge < -0.3 is 10.1 Å². The Hall–Kier alpha value is -1.41. The summed E-state index contributed by atoms with van der Waals surface area (Å²) >= 11 is 0. The van der Waals surface area contributed by atoms with Gasteiger partial charge in [-0.15, -0.1) is 0 Å². The normalized spacial score (nSPS) is 11.9. The van der Waals surface area contributed by atoms with Crippen LogP contribution in [-0.2, 0) is 10.0 Å². The quantitative estimate of drug-likeness (QED) is 0.789. The fourth-order valence-electron chi connectivity index (χ4n) is 1.21. The van der Waals surface area contributed by atoms with E-state index >= 15 is 0 Å². The number of ether oxygens (including phenoxy) is 1. The van der Waals surface area contributed by atoms with Gasteiger partial charge in [-0.1, -0.05) is 0 Å². The van der Waals surface area contributed by atoms with Gasteiger partial charge in [0.25, 0.3) is 0 Å². The van der Waals surface area contributed by atoms with Crippen molar-refractivity contribution in [1.29, 1.82) is 0 Å². The summed E-state index contributed by atoms with van der Waals surface area (Å²) in [6, 6.07) is 1.65. The zero-order chi connectivity index (χ0) is 14.5. The second-order valence-corrected chi connectivity index (χ2v) is 6.71. The van der Waals surface area contributed by atoms with Crippen LogP contribution in [0.25, 0.3) is 0 Å². The molecule has 0 aromatic carbocycles. The third-order valence-corrected chi connectivity index (χ3v) is 4.02. The molecule has 0 aliphatic carbocycles. The van der Waals surface area contributed by atoms with E-state index in [1.165, 1.54) is 18.4 Å². The third kappa shape index (κ3) is 5.39. The van der Waals surface area contributed by atoms with E-state index in [1.54, 1.807) is 12.3 Å². The number of nitrogens with zero attached hydrogens (tertiary/aromatic N) is 3. The van der Waals surface area contributed by atoms with Gasteiger partial charge in [-0.25, -0.2) is 17.7 Å². The summed E-state index contributed by atoms with van der Waals surface area (Å²) in [7, 11) is -0.208. The van der Waals surface area contributed by atoms with E-state index in [0.29, 0.717) is 11.8 Å². The lowest BCUT2D eigenvalue weighted by atomic mass is 10.5. The van der Waals surface area contributed by atoms with Crippen LogP contribution in [0.4, 0.5) is 5.95 Å². The van der Waals surface area contributed by atoms with Crippen LogP contribution >= 0.6 is 0 Å². The Labute approximate surface area is 114 Å². The SMILES string of the molecule is CC(C)Oc1ccnc(NCCS(=O)(=O)N(C)C)n1. The molecule has 0 fully saturated rings. The van der Waals surface area contributed by atoms with Gasteiger partial charge in [0.05, 0.1) is 11.9 Å². The largest absolute Gasteiger partial charge is 0.475 e. The molecule has 0 saturated carbocycles. The minimum Gasteiger partial charge on any atom is -0.475 e. The van der Waals surface area contributed by atoms with Crippen molar-refractivity contribution >= 4 is 16.0 Å². The number of hydrogen-bond acceptors (Lipinski definition) is 6. The van der Waals surface area contributed by atoms with Gasteiger partial charge in [0.1, 0.15) is 0 Å². The maximum atomic E-state index is 11.6. The Balaban J connectivity index is 2.54. The molecule has 7 nitrogen and oxygen atoms in total. The molecule has 0 saturated heterocycles. The highest BCUT2D eigenvalue weighted by molar-refractivity contribution is 7.89. The van der Waals surface area contributed by atoms with Crippen molar-refractivity contribution in [2.45, 2.75) is 20.0 Å². The van der Waals surface area contributed by atoms with Crippen LogP contribution in [0, 0.1) is 0 Å². The van der Waals surface area contributed by atoms with E-state index in [1.807, 2.05) is 13.8 Å². The molecule has 1 aromatic heterocycles. The van der Waals surface area contributed by atoms with Crippen molar-refractivity contribution in [1.82, 2.24) is 14.3 Å². The number of sulfonamides is 1. The van der Waals surface area contributed by atoms with Gasteiger partial charge in [-0.3, -0.25) is 0 Å². The Kier molecular flexibility index (Phi) is 5.49. The molecule has 0 bridgehead atoms. The van der Waals surface area contributed by atoms with E-state index in [9.17, 15) is 8.42 Å². The third-order valence-electron chi connectivity index (χ3n) is 2.19. The predicted octanol–water partition coefficient (Wildman–Crippen LogP) is 0.567. The number of aromatic nitrogens is 2. The second-order valence-electron chi connectivity index (χ2n) is 4.41. The van der Waals surface area contributed by atoms with Crippen molar-refractivity contribution in [2.24, 2.45) is 0 Å². The summed E-state index contributed by atoms with van der Waals surface area (Å²) < 4.78 is 29.7. The maximum Gasteiger partial charge on any atom is 0.225 e. The summed E-state index contributed by atoms with van der Waals surface area (Å²) in [5.41, 5.74) is 0. The van der Waals surface area contributed by atoms with Gasteiger partial charge in [0.2, 0.25) is 21.9 Å². The molecule has 0 aliphatic rings. The molecule has 1 aromatic rings. The number of rotatable bonds is 7. The van der Waals surface area contributed by atoms with E-state index in [-0.39, 0.29) is 18.4 Å². The smallest absolute Gasteiger partial charge is 0.225 e. The van der Waals surface area contributed by atoms with Gasteiger partial charge in [0.15, 0.2) is 0 Å². The van der Waals surface area contributed by atoms with Crippen LogP contribution in [-0.4, -0.2) is 55.2 Å². The fraction of sp³-hybridized carbons (Fsp3) is 0.636. The number of anilines is 1. The number of hydrogen-bond donors (Lipinski definition) is 1. The Morgan fingerprint density at radius 1 is 1.42 bits per heavy atom. The average Bonchev–Trinajstić information content (AvgIpc) is 2.28. The highest BCUT2D eigenvalue weighted by Gasteiger charge is 2.13. The van der Waals surface area contributed by atoms with E-state index < -0.39 is 10.0 Å². The zero-order valence-corrected chi connectivity index (χ0v) is 12.4. The molecule has 0 amide bonds. The average molecular weight is 288 g/mol. The van der Waals surface area contributed by atoms with Crippen molar-refractivity contribution in [3.05, 3.63) is 12.3 Å². The van der Waals surface area contributed by atoms with Gasteiger partial charge in [0, 0.05) is 32.9 Å². The highest BCUT2D eigenvalue weighted by Crippen LogP contribution is 2.10. The lowest BCUT2D eigenvalue weighted by Crippen LogP contribution is -2.28. The Morgan fingerprint density at radius 3 is 2.68 bits per heavy atom. The summed E-state index contributed by atoms with van der Waals surface area (Å²) in [4.78, 5) is 8.12. The molecular formula is C11H20N4O3S. The van der Waals surface area contributed by atoms with Crippen LogP contribution in [0.2, 0.25) is 0 Å². The molecule has 0 radical (unpaired) electrons. The Morgan fingerprint density at radius 2 is 2.11 bits per heavy atom. The minimum absolute atomic E-state index is 0.0153. The van der Waals surface area contributed by atoms with E-state index in [2.05, 4.69) is 15.3 Å². The standard InChI is InChI=1S/C11H20N4O3S/c1-9(2)18-10-5-6-12-11(14-10)13-7-8-19(16,17)15(3)4/h5-6,9H,7-8H2,1-4H3,(H,12,13,14). The molecule has 8 heteroatoms. The second kappa shape index (κ2) is 6.67. The topological polar surface area (TPSA) is 84.4 Å². The first-order chi connectivity index (χ1) is 8.81. The molecule has 0 aliphatic heterocycles. The molecule has 0 unspecified atom stereocenters. The molecule has 1 rings (SSSR count). The highest BCUT2D eigenvalue weighted by atomic mass is 32.2. The van der Waals surface area contributed by atoms with E-state index in [4.69, 9.17) is 4.74 Å². The lowest BCUT2D eigenvalue weighted by molar-refractivity contribution is 0.232. The molecule has 1 heterocycles. The molecule has 19 heavy (non-hydrogen) atoms. The first-order valence-corrected chi connectivity index (χ1v) is 7.56. The van der Waals surface area contributed by atoms with Crippen molar-refractivity contribution in [2.75, 3.05) is 31.7 Å². The van der Waals surface area contributed by atoms with Crippen LogP contribution in [0.3, 0.4) is 0 Å². The van der Waals surface area contributed by atoms with Gasteiger partial charge >= 0.3 is 0 Å². The number of nitrogens with one attached hydrogen (secondary N) is 1. The first kappa shape index (κ1) is 15.6. The van der Waals surface area contributed by atoms with Crippen LogP contribution in [0.5, 0.6) is 5.88 Å².